The summed E-state index contributed by atoms with van der Waals surface area (Å²) in [5.41, 5.74) is 7.05. The van der Waals surface area contributed by atoms with Gasteiger partial charge < -0.3 is 14.7 Å². The molecular formula is C24H25N5O2. The molecule has 1 aromatic heterocycles. The summed E-state index contributed by atoms with van der Waals surface area (Å²) in [5, 5.41) is 8.29. The van der Waals surface area contributed by atoms with Gasteiger partial charge in [-0.2, -0.15) is 5.10 Å². The number of hydrogen-bond donors (Lipinski definition) is 1. The van der Waals surface area contributed by atoms with Crippen LogP contribution in [0.5, 0.6) is 0 Å². The van der Waals surface area contributed by atoms with Crippen LogP contribution < -0.4 is 4.90 Å². The van der Waals surface area contributed by atoms with Crippen LogP contribution in [-0.4, -0.2) is 65.0 Å². The zero-order chi connectivity index (χ0) is 21.9. The molecule has 0 aliphatic carbocycles. The van der Waals surface area contributed by atoms with Gasteiger partial charge in [0.15, 0.2) is 0 Å². The minimum absolute atomic E-state index is 0.0349. The Morgan fingerprint density at radius 2 is 2.06 bits per heavy atom. The van der Waals surface area contributed by atoms with Crippen molar-refractivity contribution in [2.24, 2.45) is 0 Å². The van der Waals surface area contributed by atoms with Crippen molar-refractivity contribution in [3.63, 3.8) is 0 Å². The van der Waals surface area contributed by atoms with Crippen molar-refractivity contribution in [3.8, 4) is 11.1 Å². The van der Waals surface area contributed by atoms with Crippen molar-refractivity contribution >= 4 is 28.4 Å². The van der Waals surface area contributed by atoms with Crippen LogP contribution in [-0.2, 0) is 11.3 Å². The van der Waals surface area contributed by atoms with Crippen LogP contribution in [0.2, 0.25) is 0 Å². The van der Waals surface area contributed by atoms with E-state index >= 15 is 0 Å². The van der Waals surface area contributed by atoms with Crippen molar-refractivity contribution in [1.82, 2.24) is 20.0 Å². The molecule has 0 saturated carbocycles. The quantitative estimate of drug-likeness (QED) is 0.665. The molecule has 1 fully saturated rings. The van der Waals surface area contributed by atoms with Crippen LogP contribution in [0, 0.1) is 6.92 Å². The van der Waals surface area contributed by atoms with Gasteiger partial charge >= 0.3 is 0 Å². The third kappa shape index (κ3) is 2.91. The maximum absolute atomic E-state index is 13.4. The van der Waals surface area contributed by atoms with E-state index < -0.39 is 0 Å². The van der Waals surface area contributed by atoms with Gasteiger partial charge in [0.2, 0.25) is 5.91 Å². The Morgan fingerprint density at radius 3 is 2.77 bits per heavy atom. The molecule has 0 atom stereocenters. The third-order valence-corrected chi connectivity index (χ3v) is 6.44. The Balaban J connectivity index is 1.56. The molecule has 3 heterocycles. The van der Waals surface area contributed by atoms with Gasteiger partial charge in [0.1, 0.15) is 0 Å². The number of aromatic amines is 1. The number of amides is 2. The van der Waals surface area contributed by atoms with Gasteiger partial charge in [-0.25, -0.2) is 0 Å². The molecule has 7 nitrogen and oxygen atoms in total. The van der Waals surface area contributed by atoms with Crippen LogP contribution >= 0.6 is 0 Å². The van der Waals surface area contributed by atoms with E-state index in [9.17, 15) is 9.59 Å². The second-order valence-corrected chi connectivity index (χ2v) is 8.54. The molecule has 2 aliphatic rings. The molecule has 0 unspecified atom stereocenters. The fourth-order valence-corrected chi connectivity index (χ4v) is 4.72. The number of likely N-dealkylation sites (tertiary alicyclic amines) is 1. The van der Waals surface area contributed by atoms with Gasteiger partial charge in [-0.15, -0.1) is 0 Å². The fraction of sp³-hybridized carbons (Fsp3) is 0.292. The summed E-state index contributed by atoms with van der Waals surface area (Å²) in [4.78, 5) is 30.9. The summed E-state index contributed by atoms with van der Waals surface area (Å²) in [6.07, 6.45) is 3.17. The number of aryl methyl sites for hydroxylation is 1. The molecule has 1 saturated heterocycles. The lowest BCUT2D eigenvalue weighted by molar-refractivity contribution is -0.132. The normalized spacial score (nSPS) is 15.9. The third-order valence-electron chi connectivity index (χ3n) is 6.44. The highest BCUT2D eigenvalue weighted by molar-refractivity contribution is 6.04. The second-order valence-electron chi connectivity index (χ2n) is 8.54. The average Bonchev–Trinajstić information content (AvgIpc) is 3.31. The number of hydrogen-bond acceptors (Lipinski definition) is 4. The van der Waals surface area contributed by atoms with E-state index in [4.69, 9.17) is 0 Å². The van der Waals surface area contributed by atoms with E-state index in [0.717, 1.165) is 44.4 Å². The Labute approximate surface area is 180 Å². The number of benzene rings is 2. The van der Waals surface area contributed by atoms with E-state index in [0.29, 0.717) is 19.6 Å². The minimum Gasteiger partial charge on any atom is -0.377 e. The van der Waals surface area contributed by atoms with Gasteiger partial charge in [-0.1, -0.05) is 12.6 Å². The first-order chi connectivity index (χ1) is 14.9. The Morgan fingerprint density at radius 1 is 1.29 bits per heavy atom. The predicted molar refractivity (Wildman–Crippen MR) is 121 cm³/mol. The Bertz CT molecular complexity index is 1240. The number of anilines is 1. The summed E-state index contributed by atoms with van der Waals surface area (Å²) in [6.45, 7) is 7.31. The standard InChI is InChI=1S/C24H25N5O2/c1-5-22(30)28-11-16(12-28)29-13-19-17(24(29)31)8-15(9-21(19)27(3)4)23-14(2)6-7-20-18(23)10-25-26-20/h5-10,16H,1,11-13H2,2-4H3,(H,25,26). The molecule has 3 aromatic rings. The molecule has 7 heteroatoms. The molecule has 5 rings (SSSR count). The smallest absolute Gasteiger partial charge is 0.254 e. The molecule has 2 aromatic carbocycles. The molecule has 2 aliphatic heterocycles. The Hall–Kier alpha value is -3.61. The maximum atomic E-state index is 13.4. The van der Waals surface area contributed by atoms with Gasteiger partial charge in [-0.3, -0.25) is 14.7 Å². The zero-order valence-corrected chi connectivity index (χ0v) is 18.0. The zero-order valence-electron chi connectivity index (χ0n) is 18.0. The number of fused-ring (bicyclic) bond motifs is 2. The molecular weight excluding hydrogens is 390 g/mol. The highest BCUT2D eigenvalue weighted by Crippen LogP contribution is 2.40. The number of H-pyrrole nitrogens is 1. The van der Waals surface area contributed by atoms with Crippen molar-refractivity contribution in [2.45, 2.75) is 19.5 Å². The summed E-state index contributed by atoms with van der Waals surface area (Å²) < 4.78 is 0. The summed E-state index contributed by atoms with van der Waals surface area (Å²) >= 11 is 0. The van der Waals surface area contributed by atoms with Crippen molar-refractivity contribution in [3.05, 3.63) is 59.8 Å². The lowest BCUT2D eigenvalue weighted by Gasteiger charge is -2.43. The molecule has 0 bridgehead atoms. The van der Waals surface area contributed by atoms with Gasteiger partial charge in [0.25, 0.3) is 5.91 Å². The van der Waals surface area contributed by atoms with Crippen LogP contribution in [0.15, 0.2) is 43.1 Å². The molecule has 31 heavy (non-hydrogen) atoms. The number of nitrogens with zero attached hydrogens (tertiary/aromatic N) is 4. The van der Waals surface area contributed by atoms with E-state index in [2.05, 4.69) is 40.7 Å². The number of carbonyl (C=O) groups is 2. The second kappa shape index (κ2) is 6.97. The molecule has 0 radical (unpaired) electrons. The van der Waals surface area contributed by atoms with E-state index in [-0.39, 0.29) is 17.9 Å². The van der Waals surface area contributed by atoms with Crippen molar-refractivity contribution in [2.75, 3.05) is 32.1 Å². The monoisotopic (exact) mass is 415 g/mol. The van der Waals surface area contributed by atoms with Crippen LogP contribution in [0.1, 0.15) is 21.5 Å². The minimum atomic E-state index is -0.0830. The van der Waals surface area contributed by atoms with Crippen LogP contribution in [0.3, 0.4) is 0 Å². The van der Waals surface area contributed by atoms with Gasteiger partial charge in [-0.05, 0) is 47.9 Å². The Kier molecular flexibility index (Phi) is 4.36. The van der Waals surface area contributed by atoms with Crippen molar-refractivity contribution < 1.29 is 9.59 Å². The SMILES string of the molecule is C=CC(=O)N1CC(N2Cc3c(cc(-c4c(C)ccc5[nH]ncc45)cc3N(C)C)C2=O)C1. The van der Waals surface area contributed by atoms with E-state index in [1.165, 1.54) is 6.08 Å². The topological polar surface area (TPSA) is 72.5 Å². The predicted octanol–water partition coefficient (Wildman–Crippen LogP) is 2.96. The van der Waals surface area contributed by atoms with Crippen molar-refractivity contribution in [1.29, 1.82) is 0 Å². The summed E-state index contributed by atoms with van der Waals surface area (Å²) in [6, 6.07) is 8.33. The van der Waals surface area contributed by atoms with Crippen LogP contribution in [0.25, 0.3) is 22.0 Å². The molecule has 158 valence electrons. The van der Waals surface area contributed by atoms with Crippen LogP contribution in [0.4, 0.5) is 5.69 Å². The molecule has 2 amide bonds. The first kappa shape index (κ1) is 19.4. The number of rotatable bonds is 4. The number of nitrogens with one attached hydrogen (secondary N) is 1. The molecule has 0 spiro atoms. The fourth-order valence-electron chi connectivity index (χ4n) is 4.72. The average molecular weight is 415 g/mol. The first-order valence-corrected chi connectivity index (χ1v) is 10.4. The highest BCUT2D eigenvalue weighted by Gasteiger charge is 2.41. The molecule has 1 N–H and O–H groups in total. The lowest BCUT2D eigenvalue weighted by atomic mass is 9.93. The highest BCUT2D eigenvalue weighted by atomic mass is 16.2. The first-order valence-electron chi connectivity index (χ1n) is 10.4. The number of carbonyl (C=O) groups excluding carboxylic acids is 2. The van der Waals surface area contributed by atoms with Gasteiger partial charge in [0.05, 0.1) is 17.8 Å². The van der Waals surface area contributed by atoms with Gasteiger partial charge in [0, 0.05) is 55.9 Å². The number of aromatic nitrogens is 2. The van der Waals surface area contributed by atoms with E-state index in [1.807, 2.05) is 37.3 Å². The summed E-state index contributed by atoms with van der Waals surface area (Å²) in [5.74, 6) is -0.0481. The largest absolute Gasteiger partial charge is 0.377 e. The lowest BCUT2D eigenvalue weighted by Crippen LogP contribution is -2.60. The van der Waals surface area contributed by atoms with E-state index in [1.54, 1.807) is 4.90 Å². The summed E-state index contributed by atoms with van der Waals surface area (Å²) in [7, 11) is 4.01. The maximum Gasteiger partial charge on any atom is 0.254 e.